The molecule has 2 fully saturated rings. The van der Waals surface area contributed by atoms with E-state index in [1.807, 2.05) is 6.92 Å². The first kappa shape index (κ1) is 13.3. The maximum absolute atomic E-state index is 12.2. The molecule has 17 heavy (non-hydrogen) atoms. The highest BCUT2D eigenvalue weighted by Gasteiger charge is 2.33. The predicted octanol–water partition coefficient (Wildman–Crippen LogP) is 0.164. The molecule has 0 spiro atoms. The third-order valence-corrected chi connectivity index (χ3v) is 5.35. The molecule has 6 heteroatoms. The van der Waals surface area contributed by atoms with E-state index in [0.717, 1.165) is 19.3 Å². The fourth-order valence-electron chi connectivity index (χ4n) is 2.69. The van der Waals surface area contributed by atoms with Gasteiger partial charge >= 0.3 is 0 Å². The number of sulfonamides is 1. The molecule has 3 unspecified atom stereocenters. The van der Waals surface area contributed by atoms with Crippen LogP contribution in [0.25, 0.3) is 0 Å². The lowest BCUT2D eigenvalue weighted by atomic mass is 9.99. The van der Waals surface area contributed by atoms with Crippen LogP contribution in [0.3, 0.4) is 0 Å². The minimum Gasteiger partial charge on any atom is -0.377 e. The number of nitrogens with two attached hydrogens (primary N) is 1. The second-order valence-corrected chi connectivity index (χ2v) is 7.35. The number of rotatable bonds is 3. The largest absolute Gasteiger partial charge is 0.377 e. The van der Waals surface area contributed by atoms with Crippen molar-refractivity contribution in [1.29, 1.82) is 0 Å². The first-order valence-corrected chi connectivity index (χ1v) is 7.93. The summed E-state index contributed by atoms with van der Waals surface area (Å²) in [6.07, 6.45) is 2.62. The Labute approximate surface area is 103 Å². The van der Waals surface area contributed by atoms with Crippen LogP contribution in [0.15, 0.2) is 0 Å². The highest BCUT2D eigenvalue weighted by Crippen LogP contribution is 2.21. The molecule has 2 rings (SSSR count). The first-order valence-electron chi connectivity index (χ1n) is 6.32. The Balaban J connectivity index is 1.98. The van der Waals surface area contributed by atoms with E-state index in [2.05, 4.69) is 0 Å². The van der Waals surface area contributed by atoms with Crippen molar-refractivity contribution < 1.29 is 13.2 Å². The van der Waals surface area contributed by atoms with Gasteiger partial charge in [-0.2, -0.15) is 0 Å². The lowest BCUT2D eigenvalue weighted by Gasteiger charge is -2.34. The fraction of sp³-hybridized carbons (Fsp3) is 1.00. The van der Waals surface area contributed by atoms with Crippen LogP contribution >= 0.6 is 0 Å². The Morgan fingerprint density at radius 3 is 2.76 bits per heavy atom. The highest BCUT2D eigenvalue weighted by molar-refractivity contribution is 7.89. The van der Waals surface area contributed by atoms with Gasteiger partial charge in [-0.3, -0.25) is 0 Å². The minimum absolute atomic E-state index is 0.0296. The summed E-state index contributed by atoms with van der Waals surface area (Å²) in [5.74, 6) is 0.463. The smallest absolute Gasteiger partial charge is 0.216 e. The second kappa shape index (κ2) is 5.22. The average Bonchev–Trinajstić information content (AvgIpc) is 2.68. The van der Waals surface area contributed by atoms with Crippen LogP contribution in [0.2, 0.25) is 0 Å². The van der Waals surface area contributed by atoms with Gasteiger partial charge < -0.3 is 10.5 Å². The standard InChI is InChI=1S/C11H22N2O3S/c1-9-5-10(12)7-13(6-9)17(14,15)8-11-3-2-4-16-11/h9-11H,2-8,12H2,1H3. The van der Waals surface area contributed by atoms with Gasteiger partial charge in [-0.1, -0.05) is 6.92 Å². The number of hydrogen-bond donors (Lipinski definition) is 1. The molecule has 2 aliphatic heterocycles. The molecule has 2 aliphatic rings. The van der Waals surface area contributed by atoms with Crippen LogP contribution < -0.4 is 5.73 Å². The molecule has 0 radical (unpaired) electrons. The Hall–Kier alpha value is -0.170. The highest BCUT2D eigenvalue weighted by atomic mass is 32.2. The van der Waals surface area contributed by atoms with E-state index in [9.17, 15) is 8.42 Å². The number of piperidine rings is 1. The van der Waals surface area contributed by atoms with Crippen molar-refractivity contribution in [3.8, 4) is 0 Å². The van der Waals surface area contributed by atoms with Gasteiger partial charge in [-0.05, 0) is 25.2 Å². The molecule has 0 aromatic rings. The molecule has 0 aliphatic carbocycles. The van der Waals surface area contributed by atoms with Crippen molar-refractivity contribution in [2.75, 3.05) is 25.4 Å². The zero-order valence-corrected chi connectivity index (χ0v) is 11.2. The second-order valence-electron chi connectivity index (χ2n) is 5.33. The van der Waals surface area contributed by atoms with Crippen molar-refractivity contribution in [3.05, 3.63) is 0 Å². The van der Waals surface area contributed by atoms with E-state index in [-0.39, 0.29) is 17.9 Å². The summed E-state index contributed by atoms with van der Waals surface area (Å²) in [6.45, 7) is 3.80. The summed E-state index contributed by atoms with van der Waals surface area (Å²) < 4.78 is 31.4. The molecule has 2 heterocycles. The minimum atomic E-state index is -3.20. The molecule has 3 atom stereocenters. The molecule has 0 aromatic heterocycles. The molecule has 2 N–H and O–H groups in total. The van der Waals surface area contributed by atoms with Crippen molar-refractivity contribution >= 4 is 10.0 Å². The number of ether oxygens (including phenoxy) is 1. The molecule has 2 saturated heterocycles. The maximum atomic E-state index is 12.2. The molecule has 0 bridgehead atoms. The number of hydrogen-bond acceptors (Lipinski definition) is 4. The lowest BCUT2D eigenvalue weighted by molar-refractivity contribution is 0.125. The Bertz CT molecular complexity index is 342. The summed E-state index contributed by atoms with van der Waals surface area (Å²) in [4.78, 5) is 0. The van der Waals surface area contributed by atoms with E-state index in [1.165, 1.54) is 0 Å². The molecular formula is C11H22N2O3S. The molecule has 0 amide bonds. The molecular weight excluding hydrogens is 240 g/mol. The lowest BCUT2D eigenvalue weighted by Crippen LogP contribution is -2.50. The monoisotopic (exact) mass is 262 g/mol. The van der Waals surface area contributed by atoms with Gasteiger partial charge in [-0.25, -0.2) is 12.7 Å². The Kier molecular flexibility index (Phi) is 4.07. The van der Waals surface area contributed by atoms with Gasteiger partial charge in [0.25, 0.3) is 0 Å². The van der Waals surface area contributed by atoms with E-state index in [0.29, 0.717) is 25.6 Å². The van der Waals surface area contributed by atoms with Gasteiger partial charge in [0.15, 0.2) is 0 Å². The quantitative estimate of drug-likeness (QED) is 0.786. The van der Waals surface area contributed by atoms with Crippen molar-refractivity contribution in [2.45, 2.75) is 38.3 Å². The predicted molar refractivity (Wildman–Crippen MR) is 66.1 cm³/mol. The van der Waals surface area contributed by atoms with E-state index < -0.39 is 10.0 Å². The summed E-state index contributed by atoms with van der Waals surface area (Å²) in [6, 6.07) is -0.0296. The van der Waals surface area contributed by atoms with E-state index in [1.54, 1.807) is 4.31 Å². The zero-order valence-electron chi connectivity index (χ0n) is 10.3. The van der Waals surface area contributed by atoms with Gasteiger partial charge in [0.05, 0.1) is 11.9 Å². The van der Waals surface area contributed by atoms with Crippen LogP contribution in [0.5, 0.6) is 0 Å². The average molecular weight is 262 g/mol. The normalized spacial score (nSPS) is 36.2. The van der Waals surface area contributed by atoms with Crippen LogP contribution in [-0.2, 0) is 14.8 Å². The molecule has 100 valence electrons. The van der Waals surface area contributed by atoms with E-state index >= 15 is 0 Å². The first-order chi connectivity index (χ1) is 7.97. The summed E-state index contributed by atoms with van der Waals surface area (Å²) in [5, 5.41) is 0. The molecule has 0 saturated carbocycles. The van der Waals surface area contributed by atoms with Gasteiger partial charge in [0.2, 0.25) is 10.0 Å². The summed E-state index contributed by atoms with van der Waals surface area (Å²) >= 11 is 0. The SMILES string of the molecule is CC1CC(N)CN(S(=O)(=O)CC2CCCO2)C1. The molecule has 0 aromatic carbocycles. The number of nitrogens with zero attached hydrogens (tertiary/aromatic N) is 1. The van der Waals surface area contributed by atoms with Crippen LogP contribution in [0.4, 0.5) is 0 Å². The van der Waals surface area contributed by atoms with Gasteiger partial charge in [0, 0.05) is 25.7 Å². The fourth-order valence-corrected chi connectivity index (χ4v) is 4.54. The topological polar surface area (TPSA) is 72.6 Å². The van der Waals surface area contributed by atoms with Crippen LogP contribution in [-0.4, -0.2) is 50.3 Å². The molecule has 5 nitrogen and oxygen atoms in total. The van der Waals surface area contributed by atoms with Crippen molar-refractivity contribution in [3.63, 3.8) is 0 Å². The van der Waals surface area contributed by atoms with E-state index in [4.69, 9.17) is 10.5 Å². The van der Waals surface area contributed by atoms with Gasteiger partial charge in [0.1, 0.15) is 0 Å². The van der Waals surface area contributed by atoms with Crippen molar-refractivity contribution in [2.24, 2.45) is 11.7 Å². The summed E-state index contributed by atoms with van der Waals surface area (Å²) in [5.41, 5.74) is 5.88. The van der Waals surface area contributed by atoms with Crippen LogP contribution in [0, 0.1) is 5.92 Å². The maximum Gasteiger partial charge on any atom is 0.216 e. The van der Waals surface area contributed by atoms with Crippen LogP contribution in [0.1, 0.15) is 26.2 Å². The van der Waals surface area contributed by atoms with Crippen molar-refractivity contribution in [1.82, 2.24) is 4.31 Å². The Morgan fingerprint density at radius 1 is 1.41 bits per heavy atom. The third-order valence-electron chi connectivity index (χ3n) is 3.47. The summed E-state index contributed by atoms with van der Waals surface area (Å²) in [7, 11) is -3.20. The zero-order chi connectivity index (χ0) is 12.5. The van der Waals surface area contributed by atoms with Gasteiger partial charge in [-0.15, -0.1) is 0 Å². The third kappa shape index (κ3) is 3.40. The Morgan fingerprint density at radius 2 is 2.18 bits per heavy atom.